The Hall–Kier alpha value is -1.80. The summed E-state index contributed by atoms with van der Waals surface area (Å²) in [5, 5.41) is 12.4. The molecule has 26 heavy (non-hydrogen) atoms. The van der Waals surface area contributed by atoms with E-state index in [2.05, 4.69) is 49.6 Å². The zero-order valence-corrected chi connectivity index (χ0v) is 17.1. The minimum atomic E-state index is -0.206. The van der Waals surface area contributed by atoms with E-state index in [0.717, 1.165) is 35.7 Å². The van der Waals surface area contributed by atoms with E-state index in [4.69, 9.17) is 0 Å². The minimum Gasteiger partial charge on any atom is -0.368 e. The number of nitrogens with one attached hydrogen (secondary N) is 1. The molecule has 1 aliphatic rings. The fraction of sp³-hybridized carbons (Fsp3) is 0.500. The lowest BCUT2D eigenvalue weighted by Crippen LogP contribution is -2.46. The Morgan fingerprint density at radius 3 is 2.42 bits per heavy atom. The molecule has 1 amide bonds. The highest BCUT2D eigenvalue weighted by atomic mass is 32.2. The van der Waals surface area contributed by atoms with Crippen molar-refractivity contribution in [2.24, 2.45) is 0 Å². The number of anilines is 2. The first-order valence-electron chi connectivity index (χ1n) is 8.73. The maximum atomic E-state index is 11.9. The normalized spacial score (nSPS) is 15.2. The number of thioether (sulfide) groups is 1. The van der Waals surface area contributed by atoms with Gasteiger partial charge in [0, 0.05) is 37.4 Å². The van der Waals surface area contributed by atoms with Gasteiger partial charge in [0.15, 0.2) is 4.34 Å². The number of carbonyl (C=O) groups is 1. The summed E-state index contributed by atoms with van der Waals surface area (Å²) in [7, 11) is 0. The van der Waals surface area contributed by atoms with Crippen LogP contribution in [0, 0.1) is 0 Å². The lowest BCUT2D eigenvalue weighted by Gasteiger charge is -2.35. The average Bonchev–Trinajstić information content (AvgIpc) is 3.08. The van der Waals surface area contributed by atoms with Crippen molar-refractivity contribution in [1.82, 2.24) is 15.5 Å². The third-order valence-corrected chi connectivity index (χ3v) is 6.03. The molecule has 0 aliphatic carbocycles. The standard InChI is InChI=1S/C18H25N5OS2/c1-18(2,3)19-15(24)13-25-17-21-20-16(26-17)23-11-9-22(10-12-23)14-7-5-4-6-8-14/h4-8H,9-13H2,1-3H3,(H,19,24). The highest BCUT2D eigenvalue weighted by Gasteiger charge is 2.21. The number of para-hydroxylation sites is 1. The number of piperazine rings is 1. The number of hydrogen-bond acceptors (Lipinski definition) is 7. The summed E-state index contributed by atoms with van der Waals surface area (Å²) < 4.78 is 0.842. The molecule has 1 N–H and O–H groups in total. The van der Waals surface area contributed by atoms with Gasteiger partial charge in [-0.3, -0.25) is 4.79 Å². The molecule has 2 heterocycles. The van der Waals surface area contributed by atoms with Crippen LogP contribution in [-0.2, 0) is 4.79 Å². The summed E-state index contributed by atoms with van der Waals surface area (Å²) >= 11 is 3.01. The van der Waals surface area contributed by atoms with Gasteiger partial charge in [0.2, 0.25) is 11.0 Å². The van der Waals surface area contributed by atoms with E-state index >= 15 is 0 Å². The number of amides is 1. The number of nitrogens with zero attached hydrogens (tertiary/aromatic N) is 4. The Balaban J connectivity index is 1.49. The molecule has 0 atom stereocenters. The molecular formula is C18H25N5OS2. The zero-order valence-electron chi connectivity index (χ0n) is 15.4. The van der Waals surface area contributed by atoms with Crippen molar-refractivity contribution in [3.63, 3.8) is 0 Å². The second kappa shape index (κ2) is 8.26. The first-order valence-corrected chi connectivity index (χ1v) is 10.5. The van der Waals surface area contributed by atoms with Crippen LogP contribution < -0.4 is 15.1 Å². The first-order chi connectivity index (χ1) is 12.4. The molecule has 6 nitrogen and oxygen atoms in total. The van der Waals surface area contributed by atoms with Gasteiger partial charge in [0.25, 0.3) is 0 Å². The van der Waals surface area contributed by atoms with Crippen molar-refractivity contribution in [2.75, 3.05) is 41.7 Å². The molecule has 1 saturated heterocycles. The number of hydrogen-bond donors (Lipinski definition) is 1. The van der Waals surface area contributed by atoms with E-state index < -0.39 is 0 Å². The molecule has 1 aromatic carbocycles. The fourth-order valence-corrected chi connectivity index (χ4v) is 4.46. The Morgan fingerprint density at radius 1 is 1.12 bits per heavy atom. The molecule has 8 heteroatoms. The molecule has 0 saturated carbocycles. The van der Waals surface area contributed by atoms with Gasteiger partial charge < -0.3 is 15.1 Å². The molecule has 0 unspecified atom stereocenters. The molecular weight excluding hydrogens is 366 g/mol. The van der Waals surface area contributed by atoms with Crippen LogP contribution in [0.15, 0.2) is 34.7 Å². The maximum Gasteiger partial charge on any atom is 0.230 e. The molecule has 140 valence electrons. The first kappa shape index (κ1) is 19.0. The lowest BCUT2D eigenvalue weighted by atomic mass is 10.1. The summed E-state index contributed by atoms with van der Waals surface area (Å²) in [4.78, 5) is 16.6. The van der Waals surface area contributed by atoms with Gasteiger partial charge in [0.05, 0.1) is 5.75 Å². The molecule has 1 aromatic heterocycles. The molecule has 0 radical (unpaired) electrons. The summed E-state index contributed by atoms with van der Waals surface area (Å²) in [5.41, 5.74) is 1.06. The SMILES string of the molecule is CC(C)(C)NC(=O)CSc1nnc(N2CCN(c3ccccc3)CC2)s1. The Morgan fingerprint density at radius 2 is 1.77 bits per heavy atom. The number of benzene rings is 1. The van der Waals surface area contributed by atoms with Crippen LogP contribution in [-0.4, -0.2) is 53.6 Å². The number of carbonyl (C=O) groups excluding carboxylic acids is 1. The van der Waals surface area contributed by atoms with Gasteiger partial charge >= 0.3 is 0 Å². The van der Waals surface area contributed by atoms with Crippen molar-refractivity contribution in [3.05, 3.63) is 30.3 Å². The second-order valence-corrected chi connectivity index (χ2v) is 9.43. The monoisotopic (exact) mass is 391 g/mol. The highest BCUT2D eigenvalue weighted by Crippen LogP contribution is 2.29. The third kappa shape index (κ3) is 5.35. The summed E-state index contributed by atoms with van der Waals surface area (Å²) in [6, 6.07) is 10.5. The Kier molecular flexibility index (Phi) is 6.03. The van der Waals surface area contributed by atoms with Crippen LogP contribution in [0.5, 0.6) is 0 Å². The third-order valence-electron chi connectivity index (χ3n) is 3.91. The average molecular weight is 392 g/mol. The van der Waals surface area contributed by atoms with E-state index in [1.54, 1.807) is 11.3 Å². The van der Waals surface area contributed by atoms with Gasteiger partial charge in [-0.15, -0.1) is 10.2 Å². The van der Waals surface area contributed by atoms with Crippen LogP contribution in [0.4, 0.5) is 10.8 Å². The molecule has 2 aromatic rings. The van der Waals surface area contributed by atoms with Crippen LogP contribution in [0.3, 0.4) is 0 Å². The molecule has 0 bridgehead atoms. The largest absolute Gasteiger partial charge is 0.368 e. The van der Waals surface area contributed by atoms with Gasteiger partial charge in [-0.05, 0) is 32.9 Å². The van der Waals surface area contributed by atoms with Gasteiger partial charge in [-0.2, -0.15) is 0 Å². The maximum absolute atomic E-state index is 11.9. The molecule has 1 aliphatic heterocycles. The summed E-state index contributed by atoms with van der Waals surface area (Å²) in [6.45, 7) is 9.74. The zero-order chi connectivity index (χ0) is 18.6. The second-order valence-electron chi connectivity index (χ2n) is 7.25. The van der Waals surface area contributed by atoms with E-state index in [0.29, 0.717) is 5.75 Å². The lowest BCUT2D eigenvalue weighted by molar-refractivity contribution is -0.119. The molecule has 1 fully saturated rings. The fourth-order valence-electron chi connectivity index (χ4n) is 2.77. The van der Waals surface area contributed by atoms with Crippen molar-refractivity contribution >= 4 is 39.8 Å². The van der Waals surface area contributed by atoms with Crippen LogP contribution in [0.25, 0.3) is 0 Å². The summed E-state index contributed by atoms with van der Waals surface area (Å²) in [6.07, 6.45) is 0. The van der Waals surface area contributed by atoms with E-state index in [9.17, 15) is 4.79 Å². The molecule has 3 rings (SSSR count). The number of aromatic nitrogens is 2. The smallest absolute Gasteiger partial charge is 0.230 e. The predicted molar refractivity (Wildman–Crippen MR) is 109 cm³/mol. The Bertz CT molecular complexity index is 721. The van der Waals surface area contributed by atoms with Gasteiger partial charge in [-0.1, -0.05) is 41.3 Å². The van der Waals surface area contributed by atoms with Crippen molar-refractivity contribution in [1.29, 1.82) is 0 Å². The minimum absolute atomic E-state index is 0.0238. The van der Waals surface area contributed by atoms with E-state index in [1.165, 1.54) is 17.4 Å². The summed E-state index contributed by atoms with van der Waals surface area (Å²) in [5.74, 6) is 0.393. The Labute approximate surface area is 163 Å². The van der Waals surface area contributed by atoms with E-state index in [1.807, 2.05) is 26.8 Å². The van der Waals surface area contributed by atoms with Crippen LogP contribution in [0.1, 0.15) is 20.8 Å². The number of rotatable bonds is 5. The predicted octanol–water partition coefficient (Wildman–Crippen LogP) is 2.87. The topological polar surface area (TPSA) is 61.4 Å². The molecule has 0 spiro atoms. The highest BCUT2D eigenvalue weighted by molar-refractivity contribution is 8.01. The van der Waals surface area contributed by atoms with Crippen molar-refractivity contribution < 1.29 is 4.79 Å². The van der Waals surface area contributed by atoms with Crippen molar-refractivity contribution in [3.8, 4) is 0 Å². The van der Waals surface area contributed by atoms with Crippen LogP contribution >= 0.6 is 23.1 Å². The quantitative estimate of drug-likeness (QED) is 0.791. The van der Waals surface area contributed by atoms with Crippen LogP contribution in [0.2, 0.25) is 0 Å². The van der Waals surface area contributed by atoms with E-state index in [-0.39, 0.29) is 11.4 Å². The van der Waals surface area contributed by atoms with Crippen molar-refractivity contribution in [2.45, 2.75) is 30.6 Å². The van der Waals surface area contributed by atoms with Gasteiger partial charge in [0.1, 0.15) is 0 Å². The van der Waals surface area contributed by atoms with Gasteiger partial charge in [-0.25, -0.2) is 0 Å².